The molecular formula is C31H32ClN5O8. The van der Waals surface area contributed by atoms with Gasteiger partial charge in [0.15, 0.2) is 23.2 Å². The van der Waals surface area contributed by atoms with Crippen molar-refractivity contribution in [3.05, 3.63) is 95.6 Å². The molecule has 45 heavy (non-hydrogen) atoms. The Morgan fingerprint density at radius 3 is 2.36 bits per heavy atom. The van der Waals surface area contributed by atoms with Gasteiger partial charge in [0, 0.05) is 6.42 Å². The molecule has 4 aromatic rings. The fourth-order valence-electron chi connectivity index (χ4n) is 5.39. The molecule has 0 bridgehead atoms. The number of imidazole rings is 1. The van der Waals surface area contributed by atoms with Gasteiger partial charge in [0.25, 0.3) is 5.60 Å². The highest BCUT2D eigenvalue weighted by Crippen LogP contribution is 2.43. The molecule has 1 saturated heterocycles. The Morgan fingerprint density at radius 1 is 1.13 bits per heavy atom. The number of aromatic nitrogens is 4. The summed E-state index contributed by atoms with van der Waals surface area (Å²) in [7, 11) is 0. The predicted molar refractivity (Wildman–Crippen MR) is 163 cm³/mol. The molecule has 0 spiro atoms. The summed E-state index contributed by atoms with van der Waals surface area (Å²) >= 11 is 6.28. The number of hydrogen-bond acceptors (Lipinski definition) is 10. The van der Waals surface area contributed by atoms with E-state index < -0.39 is 54.6 Å². The largest absolute Gasteiger partial charge is 0.479 e. The van der Waals surface area contributed by atoms with Crippen LogP contribution in [0.2, 0.25) is 5.28 Å². The molecule has 5 atom stereocenters. The van der Waals surface area contributed by atoms with Crippen LogP contribution in [-0.2, 0) is 25.5 Å². The second kappa shape index (κ2) is 12.5. The predicted octanol–water partition coefficient (Wildman–Crippen LogP) is 3.39. The van der Waals surface area contributed by atoms with Crippen molar-refractivity contribution in [2.75, 3.05) is 11.9 Å². The Hall–Kier alpha value is -4.40. The standard InChI is InChI=1S/C31H32ClN5O8/c1-17(2)31(43)21(15-44-30(27(39)40,28(41)42)14-19-10-6-4-7-11-19)45-26(23(31)38)37-16-33-22-24(35-29(32)36-25(22)37)34-18(3)20-12-8-5-9-13-20/h4-13,16,18,21,23,26,38,43H,1,14-15H2,2-3H3,(H,39,40)(H,41,42)(H,34,35,36)/t18-,21-,23+,26-,31-/m1/s1. The van der Waals surface area contributed by atoms with Crippen molar-refractivity contribution in [1.82, 2.24) is 19.5 Å². The highest BCUT2D eigenvalue weighted by atomic mass is 35.5. The van der Waals surface area contributed by atoms with Gasteiger partial charge in [-0.15, -0.1) is 0 Å². The van der Waals surface area contributed by atoms with Crippen LogP contribution in [0.25, 0.3) is 11.2 Å². The SMILES string of the molecule is C=C(C)[C@@]1(O)[C@@H](COC(Cc2ccccc2)(C(=O)O)C(=O)O)O[C@@H](n2cnc3c(N[C@H](C)c4ccccc4)nc(Cl)nc32)[C@@H]1O. The average molecular weight is 638 g/mol. The third-order valence-electron chi connectivity index (χ3n) is 7.99. The number of anilines is 1. The summed E-state index contributed by atoms with van der Waals surface area (Å²) in [5.41, 5.74) is -2.98. The highest BCUT2D eigenvalue weighted by Gasteiger charge is 2.58. The second-order valence-electron chi connectivity index (χ2n) is 10.9. The molecule has 0 radical (unpaired) electrons. The molecule has 5 N–H and O–H groups in total. The second-order valence-corrected chi connectivity index (χ2v) is 11.3. The number of carboxylic acid groups (broad SMARTS) is 2. The summed E-state index contributed by atoms with van der Waals surface area (Å²) < 4.78 is 13.0. The van der Waals surface area contributed by atoms with Crippen molar-refractivity contribution in [3.63, 3.8) is 0 Å². The minimum atomic E-state index is -2.72. The van der Waals surface area contributed by atoms with Crippen molar-refractivity contribution < 1.29 is 39.5 Å². The maximum atomic E-state index is 12.3. The lowest BCUT2D eigenvalue weighted by Crippen LogP contribution is -2.55. The van der Waals surface area contributed by atoms with Gasteiger partial charge >= 0.3 is 11.9 Å². The first-order valence-electron chi connectivity index (χ1n) is 14.0. The van der Waals surface area contributed by atoms with Gasteiger partial charge in [-0.2, -0.15) is 9.97 Å². The molecule has 2 aromatic heterocycles. The van der Waals surface area contributed by atoms with Crippen LogP contribution in [0.5, 0.6) is 0 Å². The molecule has 0 aliphatic carbocycles. The number of aliphatic hydroxyl groups is 2. The van der Waals surface area contributed by atoms with E-state index in [0.717, 1.165) is 5.56 Å². The number of carboxylic acids is 2. The van der Waals surface area contributed by atoms with Crippen LogP contribution < -0.4 is 5.32 Å². The maximum Gasteiger partial charge on any atom is 0.348 e. The molecule has 3 heterocycles. The Balaban J connectivity index is 1.46. The van der Waals surface area contributed by atoms with Gasteiger partial charge in [-0.1, -0.05) is 67.2 Å². The first-order chi connectivity index (χ1) is 21.4. The summed E-state index contributed by atoms with van der Waals surface area (Å²) in [5.74, 6) is -3.18. The maximum absolute atomic E-state index is 12.3. The van der Waals surface area contributed by atoms with Crippen molar-refractivity contribution in [1.29, 1.82) is 0 Å². The lowest BCUT2D eigenvalue weighted by atomic mass is 9.85. The van der Waals surface area contributed by atoms with E-state index in [2.05, 4.69) is 26.8 Å². The van der Waals surface area contributed by atoms with E-state index in [-0.39, 0.29) is 22.5 Å². The van der Waals surface area contributed by atoms with E-state index in [1.165, 1.54) is 17.8 Å². The van der Waals surface area contributed by atoms with E-state index in [1.807, 2.05) is 37.3 Å². The zero-order chi connectivity index (χ0) is 32.5. The van der Waals surface area contributed by atoms with Crippen LogP contribution in [0.4, 0.5) is 5.82 Å². The molecule has 0 unspecified atom stereocenters. The molecule has 1 aliphatic heterocycles. The Bertz CT molecular complexity index is 1710. The van der Waals surface area contributed by atoms with Crippen molar-refractivity contribution >= 4 is 40.5 Å². The number of hydrogen-bond donors (Lipinski definition) is 5. The average Bonchev–Trinajstić information content (AvgIpc) is 3.54. The van der Waals surface area contributed by atoms with Crippen LogP contribution >= 0.6 is 11.6 Å². The zero-order valence-corrected chi connectivity index (χ0v) is 25.1. The number of nitrogens with one attached hydrogen (secondary N) is 1. The molecule has 0 saturated carbocycles. The number of aliphatic hydroxyl groups excluding tert-OH is 1. The van der Waals surface area contributed by atoms with Gasteiger partial charge in [0.2, 0.25) is 5.28 Å². The fraction of sp³-hybridized carbons (Fsp3) is 0.323. The summed E-state index contributed by atoms with van der Waals surface area (Å²) in [6.07, 6.45) is -3.66. The van der Waals surface area contributed by atoms with Gasteiger partial charge in [0.05, 0.1) is 19.0 Å². The number of carbonyl (C=O) groups is 2. The Kier molecular flexibility index (Phi) is 8.92. The summed E-state index contributed by atoms with van der Waals surface area (Å²) in [5, 5.41) is 46.3. The fourth-order valence-corrected chi connectivity index (χ4v) is 5.56. The first-order valence-corrected chi connectivity index (χ1v) is 14.3. The molecule has 236 valence electrons. The van der Waals surface area contributed by atoms with E-state index >= 15 is 0 Å². The minimum Gasteiger partial charge on any atom is -0.479 e. The van der Waals surface area contributed by atoms with Gasteiger partial charge < -0.3 is 35.2 Å². The number of rotatable bonds is 12. The van der Waals surface area contributed by atoms with Crippen molar-refractivity contribution in [2.24, 2.45) is 0 Å². The van der Waals surface area contributed by atoms with E-state index in [4.69, 9.17) is 21.1 Å². The zero-order valence-electron chi connectivity index (χ0n) is 24.4. The smallest absolute Gasteiger partial charge is 0.348 e. The normalized spacial score (nSPS) is 22.3. The minimum absolute atomic E-state index is 0.0709. The lowest BCUT2D eigenvalue weighted by molar-refractivity contribution is -0.191. The monoisotopic (exact) mass is 637 g/mol. The Labute approximate surface area is 262 Å². The van der Waals surface area contributed by atoms with Crippen LogP contribution in [-0.4, -0.2) is 81.9 Å². The van der Waals surface area contributed by atoms with Gasteiger partial charge in [-0.05, 0) is 42.1 Å². The molecule has 1 aliphatic rings. The number of fused-ring (bicyclic) bond motifs is 1. The molecule has 5 rings (SSSR count). The van der Waals surface area contributed by atoms with Crippen molar-refractivity contribution in [2.45, 2.75) is 55.9 Å². The first kappa shape index (κ1) is 32.0. The topological polar surface area (TPSA) is 189 Å². The lowest BCUT2D eigenvalue weighted by Gasteiger charge is -2.33. The van der Waals surface area contributed by atoms with E-state index in [9.17, 15) is 30.0 Å². The van der Waals surface area contributed by atoms with Crippen LogP contribution in [0.1, 0.15) is 37.2 Å². The molecular weight excluding hydrogens is 606 g/mol. The van der Waals surface area contributed by atoms with Crippen LogP contribution in [0.15, 0.2) is 79.1 Å². The number of benzene rings is 2. The number of nitrogens with zero attached hydrogens (tertiary/aromatic N) is 4. The molecule has 1 fully saturated rings. The van der Waals surface area contributed by atoms with Gasteiger partial charge in [0.1, 0.15) is 17.8 Å². The summed E-state index contributed by atoms with van der Waals surface area (Å²) in [4.78, 5) is 37.7. The summed E-state index contributed by atoms with van der Waals surface area (Å²) in [6.45, 7) is 6.45. The van der Waals surface area contributed by atoms with E-state index in [0.29, 0.717) is 16.9 Å². The molecule has 0 amide bonds. The van der Waals surface area contributed by atoms with Gasteiger partial charge in [-0.25, -0.2) is 14.6 Å². The van der Waals surface area contributed by atoms with E-state index in [1.54, 1.807) is 30.3 Å². The third kappa shape index (κ3) is 5.88. The van der Waals surface area contributed by atoms with Crippen molar-refractivity contribution in [3.8, 4) is 0 Å². The Morgan fingerprint density at radius 2 is 1.76 bits per heavy atom. The molecule has 13 nitrogen and oxygen atoms in total. The van der Waals surface area contributed by atoms with Gasteiger partial charge in [-0.3, -0.25) is 4.57 Å². The molecule has 2 aromatic carbocycles. The number of aliphatic carboxylic acids is 2. The molecule has 14 heteroatoms. The summed E-state index contributed by atoms with van der Waals surface area (Å²) in [6, 6.07) is 17.5. The van der Waals surface area contributed by atoms with Crippen LogP contribution in [0.3, 0.4) is 0 Å². The third-order valence-corrected chi connectivity index (χ3v) is 8.16. The highest BCUT2D eigenvalue weighted by molar-refractivity contribution is 6.28. The number of ether oxygens (including phenoxy) is 2. The number of halogens is 1. The quantitative estimate of drug-likeness (QED) is 0.0866. The van der Waals surface area contributed by atoms with Crippen LogP contribution in [0, 0.1) is 0 Å².